The normalized spacial score (nSPS) is 31.5. The highest BCUT2D eigenvalue weighted by atomic mass is 35.5. The van der Waals surface area contributed by atoms with E-state index < -0.39 is 0 Å². The van der Waals surface area contributed by atoms with Gasteiger partial charge >= 0.3 is 0 Å². The van der Waals surface area contributed by atoms with Crippen LogP contribution in [0.3, 0.4) is 0 Å². The van der Waals surface area contributed by atoms with E-state index in [0.717, 1.165) is 25.8 Å². The van der Waals surface area contributed by atoms with Gasteiger partial charge in [0.25, 0.3) is 0 Å². The molecule has 2 fully saturated rings. The molecule has 1 saturated carbocycles. The Hall–Kier alpha value is -0.940. The molecule has 3 atom stereocenters. The van der Waals surface area contributed by atoms with Crippen molar-refractivity contribution in [3.8, 4) is 0 Å². The zero-order valence-electron chi connectivity index (χ0n) is 10.4. The molecule has 0 unspecified atom stereocenters. The molecule has 0 spiro atoms. The quantitative estimate of drug-likeness (QED) is 0.838. The molecule has 1 aromatic rings. The van der Waals surface area contributed by atoms with Crippen molar-refractivity contribution in [3.63, 3.8) is 0 Å². The van der Waals surface area contributed by atoms with Crippen LogP contribution < -0.4 is 4.90 Å². The molecule has 5 nitrogen and oxygen atoms in total. The highest BCUT2D eigenvalue weighted by molar-refractivity contribution is 6.29. The third-order valence-electron chi connectivity index (χ3n) is 4.10. The van der Waals surface area contributed by atoms with Gasteiger partial charge in [0.05, 0.1) is 17.8 Å². The molecule has 1 aliphatic heterocycles. The summed E-state index contributed by atoms with van der Waals surface area (Å²) in [5.74, 6) is 1.17. The van der Waals surface area contributed by atoms with Gasteiger partial charge in [0.15, 0.2) is 5.15 Å². The third kappa shape index (κ3) is 1.95. The van der Waals surface area contributed by atoms with E-state index in [4.69, 9.17) is 11.6 Å². The number of aryl methyl sites for hydroxylation is 1. The summed E-state index contributed by atoms with van der Waals surface area (Å²) in [5, 5.41) is 18.5. The average Bonchev–Trinajstić information content (AvgIpc) is 2.78. The van der Waals surface area contributed by atoms with Gasteiger partial charge in [0, 0.05) is 6.54 Å². The van der Waals surface area contributed by atoms with Crippen LogP contribution in [0, 0.1) is 12.8 Å². The van der Waals surface area contributed by atoms with Crippen molar-refractivity contribution in [1.29, 1.82) is 0 Å². The first kappa shape index (κ1) is 12.1. The first-order chi connectivity index (χ1) is 8.66. The lowest BCUT2D eigenvalue weighted by atomic mass is 9.83. The molecule has 0 amide bonds. The van der Waals surface area contributed by atoms with Crippen LogP contribution in [-0.2, 0) is 0 Å². The standard InChI is InChI=1S/C12H17ClN4O/c1-7-11(13)15-16-12(14-7)17-6-5-8-3-2-4-9(18)10(8)17/h8-10,18H,2-6H2,1H3/t8-,9+,10+/m0/s1. The van der Waals surface area contributed by atoms with Gasteiger partial charge in [0.2, 0.25) is 5.95 Å². The summed E-state index contributed by atoms with van der Waals surface area (Å²) in [6.07, 6.45) is 4.02. The molecule has 3 rings (SSSR count). The van der Waals surface area contributed by atoms with E-state index in [9.17, 15) is 5.11 Å². The van der Waals surface area contributed by atoms with Crippen LogP contribution >= 0.6 is 11.6 Å². The van der Waals surface area contributed by atoms with Crippen LogP contribution in [0.2, 0.25) is 5.15 Å². The molecule has 2 heterocycles. The van der Waals surface area contributed by atoms with Crippen LogP contribution in [-0.4, -0.2) is 39.0 Å². The van der Waals surface area contributed by atoms with Crippen molar-refractivity contribution in [2.24, 2.45) is 5.92 Å². The molecule has 0 radical (unpaired) electrons. The molecule has 0 bridgehead atoms. The maximum absolute atomic E-state index is 10.2. The van der Waals surface area contributed by atoms with Crippen LogP contribution in [0.15, 0.2) is 0 Å². The first-order valence-electron chi connectivity index (χ1n) is 6.48. The van der Waals surface area contributed by atoms with E-state index in [2.05, 4.69) is 20.1 Å². The summed E-state index contributed by atoms with van der Waals surface area (Å²) in [6, 6.07) is 0.154. The van der Waals surface area contributed by atoms with E-state index in [1.54, 1.807) is 0 Å². The number of rotatable bonds is 1. The van der Waals surface area contributed by atoms with Crippen molar-refractivity contribution in [2.75, 3.05) is 11.4 Å². The lowest BCUT2D eigenvalue weighted by Gasteiger charge is -2.35. The molecule has 18 heavy (non-hydrogen) atoms. The predicted molar refractivity (Wildman–Crippen MR) is 68.7 cm³/mol. The van der Waals surface area contributed by atoms with Crippen LogP contribution in [0.5, 0.6) is 0 Å². The zero-order valence-corrected chi connectivity index (χ0v) is 11.1. The third-order valence-corrected chi connectivity index (χ3v) is 4.45. The van der Waals surface area contributed by atoms with Gasteiger partial charge in [0.1, 0.15) is 0 Å². The van der Waals surface area contributed by atoms with Crippen molar-refractivity contribution < 1.29 is 5.11 Å². The van der Waals surface area contributed by atoms with Crippen molar-refractivity contribution >= 4 is 17.5 Å². The Morgan fingerprint density at radius 1 is 1.28 bits per heavy atom. The van der Waals surface area contributed by atoms with Gasteiger partial charge in [-0.3, -0.25) is 0 Å². The van der Waals surface area contributed by atoms with Crippen LogP contribution in [0.4, 0.5) is 5.95 Å². The Balaban J connectivity index is 1.89. The predicted octanol–water partition coefficient (Wildman–Crippen LogP) is 1.57. The summed E-state index contributed by atoms with van der Waals surface area (Å²) in [7, 11) is 0. The molecule has 1 aliphatic carbocycles. The maximum atomic E-state index is 10.2. The minimum absolute atomic E-state index is 0.154. The van der Waals surface area contributed by atoms with Crippen LogP contribution in [0.1, 0.15) is 31.4 Å². The van der Waals surface area contributed by atoms with Crippen molar-refractivity contribution in [1.82, 2.24) is 15.2 Å². The van der Waals surface area contributed by atoms with Crippen molar-refractivity contribution in [2.45, 2.75) is 44.8 Å². The summed E-state index contributed by atoms with van der Waals surface area (Å²) >= 11 is 5.85. The second kappa shape index (κ2) is 4.63. The first-order valence-corrected chi connectivity index (χ1v) is 6.86. The number of anilines is 1. The number of fused-ring (bicyclic) bond motifs is 1. The molecule has 1 aromatic heterocycles. The fourth-order valence-corrected chi connectivity index (χ4v) is 3.29. The Morgan fingerprint density at radius 3 is 2.89 bits per heavy atom. The molecule has 6 heteroatoms. The molecular weight excluding hydrogens is 252 g/mol. The fraction of sp³-hybridized carbons (Fsp3) is 0.750. The van der Waals surface area contributed by atoms with Gasteiger partial charge in [-0.15, -0.1) is 10.2 Å². The van der Waals surface area contributed by atoms with Crippen molar-refractivity contribution in [3.05, 3.63) is 10.8 Å². The molecule has 98 valence electrons. The number of aliphatic hydroxyl groups excluding tert-OH is 1. The molecule has 0 aromatic carbocycles. The smallest absolute Gasteiger partial charge is 0.246 e. The Morgan fingerprint density at radius 2 is 2.11 bits per heavy atom. The minimum Gasteiger partial charge on any atom is -0.391 e. The lowest BCUT2D eigenvalue weighted by molar-refractivity contribution is 0.0867. The summed E-state index contributed by atoms with van der Waals surface area (Å²) in [6.45, 7) is 2.72. The Kier molecular flexibility index (Phi) is 3.11. The largest absolute Gasteiger partial charge is 0.391 e. The van der Waals surface area contributed by atoms with E-state index in [-0.39, 0.29) is 12.1 Å². The summed E-state index contributed by atoms with van der Waals surface area (Å²) in [4.78, 5) is 6.49. The SMILES string of the molecule is Cc1nc(N2CC[C@@H]3CCC[C@@H](O)[C@@H]32)nnc1Cl. The summed E-state index contributed by atoms with van der Waals surface area (Å²) in [5.41, 5.74) is 0.690. The fourth-order valence-electron chi connectivity index (χ4n) is 3.21. The van der Waals surface area contributed by atoms with Gasteiger partial charge in [-0.05, 0) is 32.1 Å². The van der Waals surface area contributed by atoms with Crippen LogP contribution in [0.25, 0.3) is 0 Å². The van der Waals surface area contributed by atoms with E-state index in [1.807, 2.05) is 6.92 Å². The number of aromatic nitrogens is 3. The van der Waals surface area contributed by atoms with E-state index in [0.29, 0.717) is 22.7 Å². The number of hydrogen-bond acceptors (Lipinski definition) is 5. The van der Waals surface area contributed by atoms with Gasteiger partial charge in [-0.1, -0.05) is 18.0 Å². The highest BCUT2D eigenvalue weighted by Gasteiger charge is 2.42. The molecule has 2 aliphatic rings. The lowest BCUT2D eigenvalue weighted by Crippen LogP contribution is -2.45. The minimum atomic E-state index is -0.272. The topological polar surface area (TPSA) is 62.1 Å². The number of hydrogen-bond donors (Lipinski definition) is 1. The second-order valence-corrected chi connectivity index (χ2v) is 5.58. The zero-order chi connectivity index (χ0) is 12.7. The number of halogens is 1. The molecular formula is C12H17ClN4O. The molecule has 1 N–H and O–H groups in total. The Bertz CT molecular complexity index is 456. The monoisotopic (exact) mass is 268 g/mol. The maximum Gasteiger partial charge on any atom is 0.246 e. The average molecular weight is 269 g/mol. The van der Waals surface area contributed by atoms with E-state index in [1.165, 1.54) is 6.42 Å². The summed E-state index contributed by atoms with van der Waals surface area (Å²) < 4.78 is 0. The van der Waals surface area contributed by atoms with Gasteiger partial charge < -0.3 is 10.0 Å². The van der Waals surface area contributed by atoms with Gasteiger partial charge in [-0.25, -0.2) is 4.98 Å². The second-order valence-electron chi connectivity index (χ2n) is 5.22. The highest BCUT2D eigenvalue weighted by Crippen LogP contribution is 2.37. The number of aliphatic hydroxyl groups is 1. The number of nitrogens with zero attached hydrogens (tertiary/aromatic N) is 4. The van der Waals surface area contributed by atoms with Gasteiger partial charge in [-0.2, -0.15) is 0 Å². The molecule has 1 saturated heterocycles. The Labute approximate surface area is 111 Å². The van der Waals surface area contributed by atoms with E-state index >= 15 is 0 Å².